The van der Waals surface area contributed by atoms with Gasteiger partial charge in [0, 0.05) is 18.7 Å². The van der Waals surface area contributed by atoms with Gasteiger partial charge in [0.15, 0.2) is 0 Å². The van der Waals surface area contributed by atoms with Crippen molar-refractivity contribution >= 4 is 16.8 Å². The molecule has 0 atom stereocenters. The summed E-state index contributed by atoms with van der Waals surface area (Å²) in [4.78, 5) is 24.4. The number of nitrogens with one attached hydrogen (secondary N) is 1. The minimum atomic E-state index is -0.324. The van der Waals surface area contributed by atoms with Crippen LogP contribution in [0.15, 0.2) is 59.4 Å². The van der Waals surface area contributed by atoms with Crippen LogP contribution in [0.25, 0.3) is 10.9 Å². The van der Waals surface area contributed by atoms with Crippen LogP contribution < -0.4 is 10.9 Å². The number of para-hydroxylation sites is 1. The van der Waals surface area contributed by atoms with Crippen molar-refractivity contribution in [3.63, 3.8) is 0 Å². The smallest absolute Gasteiger partial charge is 0.254 e. The topological polar surface area (TPSA) is 51.1 Å². The number of aryl methyl sites for hydroxylation is 1. The van der Waals surface area contributed by atoms with Crippen LogP contribution in [0.3, 0.4) is 0 Å². The van der Waals surface area contributed by atoms with Gasteiger partial charge in [0.2, 0.25) is 5.91 Å². The Kier molecular flexibility index (Phi) is 4.93. The zero-order valence-electron chi connectivity index (χ0n) is 14.0. The van der Waals surface area contributed by atoms with Gasteiger partial charge in [-0.1, -0.05) is 30.3 Å². The summed E-state index contributed by atoms with van der Waals surface area (Å²) in [6.45, 7) is 2.54. The Balaban J connectivity index is 1.67. The fourth-order valence-corrected chi connectivity index (χ4v) is 2.85. The number of benzene rings is 2. The van der Waals surface area contributed by atoms with E-state index in [2.05, 4.69) is 5.32 Å². The van der Waals surface area contributed by atoms with Crippen molar-refractivity contribution in [2.75, 3.05) is 6.54 Å². The molecule has 1 N–H and O–H groups in total. The minimum Gasteiger partial charge on any atom is -0.354 e. The van der Waals surface area contributed by atoms with Gasteiger partial charge in [-0.25, -0.2) is 4.39 Å². The first-order valence-corrected chi connectivity index (χ1v) is 8.15. The molecule has 2 aromatic carbocycles. The van der Waals surface area contributed by atoms with E-state index in [4.69, 9.17) is 0 Å². The Morgan fingerprint density at radius 2 is 1.84 bits per heavy atom. The van der Waals surface area contributed by atoms with Gasteiger partial charge in [0.05, 0.1) is 11.9 Å². The third-order valence-electron chi connectivity index (χ3n) is 4.12. The number of hydrogen-bond acceptors (Lipinski definition) is 2. The zero-order valence-corrected chi connectivity index (χ0v) is 14.0. The monoisotopic (exact) mass is 338 g/mol. The second kappa shape index (κ2) is 7.30. The Morgan fingerprint density at radius 1 is 1.12 bits per heavy atom. The lowest BCUT2D eigenvalue weighted by Crippen LogP contribution is -2.32. The first-order valence-electron chi connectivity index (χ1n) is 8.15. The Hall–Kier alpha value is -2.95. The van der Waals surface area contributed by atoms with E-state index in [1.54, 1.807) is 23.6 Å². The summed E-state index contributed by atoms with van der Waals surface area (Å²) in [7, 11) is 0. The number of rotatable bonds is 5. The highest BCUT2D eigenvalue weighted by atomic mass is 19.1. The van der Waals surface area contributed by atoms with E-state index in [-0.39, 0.29) is 23.7 Å². The maximum absolute atomic E-state index is 12.9. The highest BCUT2D eigenvalue weighted by Gasteiger charge is 2.07. The second-order valence-electron chi connectivity index (χ2n) is 6.00. The normalized spacial score (nSPS) is 10.8. The van der Waals surface area contributed by atoms with Gasteiger partial charge in [-0.3, -0.25) is 9.59 Å². The molecule has 0 saturated heterocycles. The molecule has 0 fully saturated rings. The van der Waals surface area contributed by atoms with Gasteiger partial charge >= 0.3 is 0 Å². The highest BCUT2D eigenvalue weighted by molar-refractivity contribution is 5.80. The largest absolute Gasteiger partial charge is 0.354 e. The predicted octanol–water partition coefficient (Wildman–Crippen LogP) is 2.81. The molecule has 1 aromatic heterocycles. The molecule has 25 heavy (non-hydrogen) atoms. The minimum absolute atomic E-state index is 0.0496. The number of aromatic nitrogens is 1. The lowest BCUT2D eigenvalue weighted by molar-refractivity contribution is -0.120. The number of pyridine rings is 1. The van der Waals surface area contributed by atoms with Crippen molar-refractivity contribution in [1.29, 1.82) is 0 Å². The number of fused-ring (bicyclic) bond motifs is 1. The van der Waals surface area contributed by atoms with Gasteiger partial charge in [-0.2, -0.15) is 0 Å². The molecule has 128 valence electrons. The summed E-state index contributed by atoms with van der Waals surface area (Å²) in [5.41, 5.74) is 2.23. The summed E-state index contributed by atoms with van der Waals surface area (Å²) in [6.07, 6.45) is 0.184. The summed E-state index contributed by atoms with van der Waals surface area (Å²) in [5, 5.41) is 3.81. The molecule has 0 radical (unpaired) electrons. The van der Waals surface area contributed by atoms with Crippen molar-refractivity contribution in [2.24, 2.45) is 0 Å². The molecule has 0 spiro atoms. The number of nitrogens with zero attached hydrogens (tertiary/aromatic N) is 1. The summed E-state index contributed by atoms with van der Waals surface area (Å²) >= 11 is 0. The van der Waals surface area contributed by atoms with Gasteiger partial charge in [0.1, 0.15) is 5.82 Å². The molecule has 1 amide bonds. The SMILES string of the molecule is Cc1cc2ccccc2n(CCNC(=O)Cc2ccc(F)cc2)c1=O. The molecule has 0 saturated carbocycles. The summed E-state index contributed by atoms with van der Waals surface area (Å²) in [6, 6.07) is 15.4. The van der Waals surface area contributed by atoms with Crippen molar-refractivity contribution in [3.8, 4) is 0 Å². The molecule has 0 aliphatic carbocycles. The molecule has 5 heteroatoms. The fourth-order valence-electron chi connectivity index (χ4n) is 2.85. The van der Waals surface area contributed by atoms with E-state index in [1.165, 1.54) is 12.1 Å². The number of carbonyl (C=O) groups excluding carboxylic acids is 1. The van der Waals surface area contributed by atoms with Crippen LogP contribution in [-0.4, -0.2) is 17.0 Å². The lowest BCUT2D eigenvalue weighted by Gasteiger charge is -2.12. The maximum atomic E-state index is 12.9. The Morgan fingerprint density at radius 3 is 2.60 bits per heavy atom. The first-order chi connectivity index (χ1) is 12.0. The van der Waals surface area contributed by atoms with E-state index < -0.39 is 0 Å². The number of amides is 1. The number of hydrogen-bond donors (Lipinski definition) is 1. The highest BCUT2D eigenvalue weighted by Crippen LogP contribution is 2.12. The average Bonchev–Trinajstić information content (AvgIpc) is 2.60. The van der Waals surface area contributed by atoms with E-state index in [0.717, 1.165) is 16.5 Å². The standard InChI is InChI=1S/C20H19FN2O2/c1-14-12-16-4-2-3-5-18(16)23(20(14)25)11-10-22-19(24)13-15-6-8-17(21)9-7-15/h2-9,12H,10-11,13H2,1H3,(H,22,24). The van der Waals surface area contributed by atoms with Crippen LogP contribution in [0.4, 0.5) is 4.39 Å². The predicted molar refractivity (Wildman–Crippen MR) is 96.1 cm³/mol. The quantitative estimate of drug-likeness (QED) is 0.778. The van der Waals surface area contributed by atoms with E-state index >= 15 is 0 Å². The Bertz CT molecular complexity index is 962. The van der Waals surface area contributed by atoms with Gasteiger partial charge in [0.25, 0.3) is 5.56 Å². The molecule has 0 unspecified atom stereocenters. The van der Waals surface area contributed by atoms with Crippen LogP contribution in [-0.2, 0) is 17.8 Å². The van der Waals surface area contributed by atoms with Crippen LogP contribution in [0.2, 0.25) is 0 Å². The summed E-state index contributed by atoms with van der Waals surface area (Å²) < 4.78 is 14.6. The van der Waals surface area contributed by atoms with Crippen LogP contribution in [0, 0.1) is 12.7 Å². The van der Waals surface area contributed by atoms with Crippen molar-refractivity contribution in [3.05, 3.63) is 81.9 Å². The molecule has 3 rings (SSSR count). The third-order valence-corrected chi connectivity index (χ3v) is 4.12. The molecular formula is C20H19FN2O2. The van der Waals surface area contributed by atoms with Crippen molar-refractivity contribution in [2.45, 2.75) is 19.9 Å². The van der Waals surface area contributed by atoms with Crippen LogP contribution in [0.1, 0.15) is 11.1 Å². The van der Waals surface area contributed by atoms with Gasteiger partial charge in [-0.05, 0) is 42.1 Å². The maximum Gasteiger partial charge on any atom is 0.254 e. The van der Waals surface area contributed by atoms with Crippen molar-refractivity contribution < 1.29 is 9.18 Å². The van der Waals surface area contributed by atoms with Crippen molar-refractivity contribution in [1.82, 2.24) is 9.88 Å². The van der Waals surface area contributed by atoms with Gasteiger partial charge < -0.3 is 9.88 Å². The molecule has 3 aromatic rings. The van der Waals surface area contributed by atoms with Gasteiger partial charge in [-0.15, -0.1) is 0 Å². The molecular weight excluding hydrogens is 319 g/mol. The van der Waals surface area contributed by atoms with E-state index in [0.29, 0.717) is 18.7 Å². The number of carbonyl (C=O) groups is 1. The average molecular weight is 338 g/mol. The van der Waals surface area contributed by atoms with E-state index in [1.807, 2.05) is 30.3 Å². The fraction of sp³-hybridized carbons (Fsp3) is 0.200. The molecule has 1 heterocycles. The molecule has 0 bridgehead atoms. The van der Waals surface area contributed by atoms with Crippen LogP contribution >= 0.6 is 0 Å². The molecule has 0 aliphatic rings. The Labute approximate surface area is 144 Å². The van der Waals surface area contributed by atoms with Crippen LogP contribution in [0.5, 0.6) is 0 Å². The molecule has 4 nitrogen and oxygen atoms in total. The number of halogens is 1. The lowest BCUT2D eigenvalue weighted by atomic mass is 10.1. The van der Waals surface area contributed by atoms with E-state index in [9.17, 15) is 14.0 Å². The molecule has 0 aliphatic heterocycles. The zero-order chi connectivity index (χ0) is 17.8. The second-order valence-corrected chi connectivity index (χ2v) is 6.00. The first kappa shape index (κ1) is 16.9. The summed E-state index contributed by atoms with van der Waals surface area (Å²) in [5.74, 6) is -0.480. The third kappa shape index (κ3) is 3.94.